The molecule has 0 aliphatic heterocycles. The molecule has 3 rings (SSSR count). The minimum atomic E-state index is -0.940. The first-order valence-corrected chi connectivity index (χ1v) is 11.5. The van der Waals surface area contributed by atoms with Crippen molar-refractivity contribution in [1.29, 1.82) is 0 Å². The van der Waals surface area contributed by atoms with Crippen molar-refractivity contribution >= 4 is 18.0 Å². The van der Waals surface area contributed by atoms with Gasteiger partial charge in [0.2, 0.25) is 5.91 Å². The summed E-state index contributed by atoms with van der Waals surface area (Å²) in [6.45, 7) is 0.0776. The van der Waals surface area contributed by atoms with Crippen LogP contribution in [-0.2, 0) is 38.5 Å². The Labute approximate surface area is 205 Å². The van der Waals surface area contributed by atoms with Crippen molar-refractivity contribution in [2.75, 3.05) is 7.11 Å². The number of nitrogens with one attached hydrogen (secondary N) is 2. The van der Waals surface area contributed by atoms with Crippen molar-refractivity contribution in [3.63, 3.8) is 0 Å². The topological polar surface area (TPSA) is 93.7 Å². The van der Waals surface area contributed by atoms with E-state index < -0.39 is 30.1 Å². The largest absolute Gasteiger partial charge is 0.467 e. The Balaban J connectivity index is 1.67. The number of rotatable bonds is 11. The second-order valence-electron chi connectivity index (χ2n) is 8.06. The number of aryl methyl sites for hydroxylation is 1. The van der Waals surface area contributed by atoms with E-state index in [2.05, 4.69) is 10.6 Å². The fourth-order valence-electron chi connectivity index (χ4n) is 3.59. The van der Waals surface area contributed by atoms with Gasteiger partial charge >= 0.3 is 12.1 Å². The van der Waals surface area contributed by atoms with E-state index in [0.29, 0.717) is 12.8 Å². The first-order chi connectivity index (χ1) is 17.0. The van der Waals surface area contributed by atoms with Gasteiger partial charge in [-0.05, 0) is 29.5 Å². The molecule has 35 heavy (non-hydrogen) atoms. The van der Waals surface area contributed by atoms with Crippen LogP contribution in [0.1, 0.15) is 23.1 Å². The number of esters is 1. The molecule has 0 heterocycles. The predicted octanol–water partition coefficient (Wildman–Crippen LogP) is 3.81. The van der Waals surface area contributed by atoms with Crippen LogP contribution in [-0.4, -0.2) is 37.2 Å². The molecule has 0 saturated heterocycles. The molecule has 7 nitrogen and oxygen atoms in total. The lowest BCUT2D eigenvalue weighted by molar-refractivity contribution is -0.145. The summed E-state index contributed by atoms with van der Waals surface area (Å²) in [5.41, 5.74) is 2.73. The summed E-state index contributed by atoms with van der Waals surface area (Å²) < 4.78 is 10.2. The van der Waals surface area contributed by atoms with Crippen LogP contribution in [0.3, 0.4) is 0 Å². The minimum absolute atomic E-state index is 0.0776. The van der Waals surface area contributed by atoms with Gasteiger partial charge in [0.05, 0.1) is 7.11 Å². The highest BCUT2D eigenvalue weighted by atomic mass is 16.5. The number of hydrogen-bond donors (Lipinski definition) is 2. The van der Waals surface area contributed by atoms with Gasteiger partial charge in [0.15, 0.2) is 0 Å². The number of hydrogen-bond acceptors (Lipinski definition) is 5. The molecular formula is C28H30N2O5. The number of benzene rings is 3. The van der Waals surface area contributed by atoms with Crippen molar-refractivity contribution < 1.29 is 23.9 Å². The zero-order valence-corrected chi connectivity index (χ0v) is 19.7. The zero-order valence-electron chi connectivity index (χ0n) is 19.7. The van der Waals surface area contributed by atoms with E-state index in [1.54, 1.807) is 0 Å². The molecule has 0 unspecified atom stereocenters. The highest BCUT2D eigenvalue weighted by Gasteiger charge is 2.28. The van der Waals surface area contributed by atoms with Crippen molar-refractivity contribution in [3.8, 4) is 0 Å². The Morgan fingerprint density at radius 2 is 1.26 bits per heavy atom. The molecule has 2 N–H and O–H groups in total. The first kappa shape index (κ1) is 25.5. The van der Waals surface area contributed by atoms with Crippen LogP contribution in [0.5, 0.6) is 0 Å². The lowest BCUT2D eigenvalue weighted by Crippen LogP contribution is -2.52. The monoisotopic (exact) mass is 474 g/mol. The summed E-state index contributed by atoms with van der Waals surface area (Å²) in [6.07, 6.45) is 0.457. The van der Waals surface area contributed by atoms with Crippen molar-refractivity contribution in [2.24, 2.45) is 0 Å². The summed E-state index contributed by atoms with van der Waals surface area (Å²) in [5.74, 6) is -1.03. The van der Waals surface area contributed by atoms with Crippen LogP contribution in [0, 0.1) is 0 Å². The van der Waals surface area contributed by atoms with Crippen LogP contribution in [0.2, 0.25) is 0 Å². The second-order valence-corrected chi connectivity index (χ2v) is 8.06. The molecule has 0 saturated carbocycles. The minimum Gasteiger partial charge on any atom is -0.467 e. The van der Waals surface area contributed by atoms with Gasteiger partial charge in [-0.15, -0.1) is 0 Å². The molecule has 0 spiro atoms. The average molecular weight is 475 g/mol. The molecule has 2 atom stereocenters. The summed E-state index contributed by atoms with van der Waals surface area (Å²) in [6, 6.07) is 26.5. The summed E-state index contributed by atoms with van der Waals surface area (Å²) >= 11 is 0. The standard InChI is InChI=1S/C28H30N2O5/c1-34-27(32)24(18-17-21-11-5-2-6-12-21)29-26(31)25(19-22-13-7-3-8-14-22)30-28(33)35-20-23-15-9-4-10-16-23/h2-16,24-25H,17-20H2,1H3,(H,29,31)(H,30,33)/t24-,25-/m0/s1. The van der Waals surface area contributed by atoms with Crippen LogP contribution in [0.15, 0.2) is 91.0 Å². The lowest BCUT2D eigenvalue weighted by Gasteiger charge is -2.22. The third-order valence-corrected chi connectivity index (χ3v) is 5.47. The van der Waals surface area contributed by atoms with Gasteiger partial charge in [-0.3, -0.25) is 4.79 Å². The molecule has 182 valence electrons. The Bertz CT molecular complexity index is 1070. The molecule has 0 aliphatic carbocycles. The third kappa shape index (κ3) is 8.62. The van der Waals surface area contributed by atoms with Gasteiger partial charge in [-0.2, -0.15) is 0 Å². The molecule has 0 aliphatic rings. The van der Waals surface area contributed by atoms with Crippen molar-refractivity contribution in [3.05, 3.63) is 108 Å². The quantitative estimate of drug-likeness (QED) is 0.412. The predicted molar refractivity (Wildman–Crippen MR) is 132 cm³/mol. The second kappa shape index (κ2) is 13.5. The van der Waals surface area contributed by atoms with Crippen LogP contribution in [0.25, 0.3) is 0 Å². The van der Waals surface area contributed by atoms with Gasteiger partial charge in [0.25, 0.3) is 0 Å². The van der Waals surface area contributed by atoms with E-state index in [1.165, 1.54) is 7.11 Å². The van der Waals surface area contributed by atoms with Crippen LogP contribution >= 0.6 is 0 Å². The fraction of sp³-hybridized carbons (Fsp3) is 0.250. The van der Waals surface area contributed by atoms with Crippen molar-refractivity contribution in [1.82, 2.24) is 10.6 Å². The van der Waals surface area contributed by atoms with Gasteiger partial charge in [-0.25, -0.2) is 9.59 Å². The third-order valence-electron chi connectivity index (χ3n) is 5.47. The molecule has 0 radical (unpaired) electrons. The molecule has 0 bridgehead atoms. The van der Waals surface area contributed by atoms with E-state index >= 15 is 0 Å². The number of ether oxygens (including phenoxy) is 2. The van der Waals surface area contributed by atoms with Gasteiger partial charge in [0.1, 0.15) is 18.7 Å². The summed E-state index contributed by atoms with van der Waals surface area (Å²) in [7, 11) is 1.28. The van der Waals surface area contributed by atoms with E-state index in [9.17, 15) is 14.4 Å². The van der Waals surface area contributed by atoms with E-state index in [-0.39, 0.29) is 13.0 Å². The van der Waals surface area contributed by atoms with E-state index in [4.69, 9.17) is 9.47 Å². The molecule has 7 heteroatoms. The Hall–Kier alpha value is -4.13. The number of methoxy groups -OCH3 is 1. The molecular weight excluding hydrogens is 444 g/mol. The number of amides is 2. The maximum Gasteiger partial charge on any atom is 0.408 e. The van der Waals surface area contributed by atoms with Crippen LogP contribution < -0.4 is 10.6 Å². The molecule has 3 aromatic rings. The lowest BCUT2D eigenvalue weighted by atomic mass is 10.0. The summed E-state index contributed by atoms with van der Waals surface area (Å²) in [4.78, 5) is 38.1. The Morgan fingerprint density at radius 1 is 0.714 bits per heavy atom. The molecule has 0 aromatic heterocycles. The highest BCUT2D eigenvalue weighted by Crippen LogP contribution is 2.09. The van der Waals surface area contributed by atoms with Crippen LogP contribution in [0.4, 0.5) is 4.79 Å². The zero-order chi connectivity index (χ0) is 24.9. The molecule has 2 amide bonds. The van der Waals surface area contributed by atoms with Crippen molar-refractivity contribution in [2.45, 2.75) is 38.0 Å². The number of carbonyl (C=O) groups is 3. The molecule has 0 fully saturated rings. The number of carbonyl (C=O) groups excluding carboxylic acids is 3. The van der Waals surface area contributed by atoms with Gasteiger partial charge in [0, 0.05) is 6.42 Å². The highest BCUT2D eigenvalue weighted by molar-refractivity contribution is 5.89. The van der Waals surface area contributed by atoms with Gasteiger partial charge < -0.3 is 20.1 Å². The SMILES string of the molecule is COC(=O)[C@H](CCc1ccccc1)NC(=O)[C@H](Cc1ccccc1)NC(=O)OCc1ccccc1. The van der Waals surface area contributed by atoms with E-state index in [1.807, 2.05) is 91.0 Å². The molecule has 3 aromatic carbocycles. The number of alkyl carbamates (subject to hydrolysis) is 1. The Kier molecular flexibility index (Phi) is 9.87. The average Bonchev–Trinajstić information content (AvgIpc) is 2.90. The fourth-order valence-corrected chi connectivity index (χ4v) is 3.59. The maximum atomic E-state index is 13.2. The maximum absolute atomic E-state index is 13.2. The normalized spacial score (nSPS) is 12.1. The first-order valence-electron chi connectivity index (χ1n) is 11.5. The Morgan fingerprint density at radius 3 is 1.83 bits per heavy atom. The smallest absolute Gasteiger partial charge is 0.408 e. The van der Waals surface area contributed by atoms with E-state index in [0.717, 1.165) is 16.7 Å². The summed E-state index contributed by atoms with van der Waals surface area (Å²) in [5, 5.41) is 5.40. The van der Waals surface area contributed by atoms with Gasteiger partial charge in [-0.1, -0.05) is 91.0 Å².